The van der Waals surface area contributed by atoms with Gasteiger partial charge in [-0.2, -0.15) is 0 Å². The predicted molar refractivity (Wildman–Crippen MR) is 59.7 cm³/mol. The lowest BCUT2D eigenvalue weighted by molar-refractivity contribution is 0.0742. The molecule has 0 saturated carbocycles. The molecule has 84 valence electrons. The van der Waals surface area contributed by atoms with Crippen LogP contribution in [0.25, 0.3) is 0 Å². The fraction of sp³-hybridized carbons (Fsp3) is 0.700. The number of aliphatic hydroxyl groups excluding tert-OH is 1. The molecule has 1 aromatic rings. The second-order valence-electron chi connectivity index (χ2n) is 3.75. The standard InChI is InChI=1S/C10H15BrN2O2/c1-15-6-5-8-12-10(11)7-3-2-4-9(14)13(7)8/h9,14H,2-6H2,1H3. The van der Waals surface area contributed by atoms with E-state index in [9.17, 15) is 5.11 Å². The highest BCUT2D eigenvalue weighted by molar-refractivity contribution is 9.10. The first kappa shape index (κ1) is 11.1. The summed E-state index contributed by atoms with van der Waals surface area (Å²) in [5.74, 6) is 0.908. The third-order valence-corrected chi connectivity index (χ3v) is 3.37. The van der Waals surface area contributed by atoms with Gasteiger partial charge in [-0.25, -0.2) is 4.98 Å². The van der Waals surface area contributed by atoms with Crippen LogP contribution < -0.4 is 0 Å². The van der Waals surface area contributed by atoms with E-state index in [1.165, 1.54) is 0 Å². The van der Waals surface area contributed by atoms with Crippen LogP contribution in [0.2, 0.25) is 0 Å². The molecule has 0 fully saturated rings. The summed E-state index contributed by atoms with van der Waals surface area (Å²) < 4.78 is 7.84. The quantitative estimate of drug-likeness (QED) is 0.912. The molecule has 1 aliphatic rings. The lowest BCUT2D eigenvalue weighted by Crippen LogP contribution is -2.20. The Morgan fingerprint density at radius 3 is 3.20 bits per heavy atom. The summed E-state index contributed by atoms with van der Waals surface area (Å²) in [6.07, 6.45) is 3.15. The second kappa shape index (κ2) is 4.63. The van der Waals surface area contributed by atoms with Crippen molar-refractivity contribution < 1.29 is 9.84 Å². The summed E-state index contributed by atoms with van der Waals surface area (Å²) in [6, 6.07) is 0. The number of imidazole rings is 1. The maximum Gasteiger partial charge on any atom is 0.132 e. The molecule has 4 nitrogen and oxygen atoms in total. The van der Waals surface area contributed by atoms with Gasteiger partial charge in [0.05, 0.1) is 12.3 Å². The van der Waals surface area contributed by atoms with Crippen LogP contribution in [0.15, 0.2) is 4.60 Å². The molecule has 0 bridgehead atoms. The van der Waals surface area contributed by atoms with Crippen LogP contribution in [0, 0.1) is 0 Å². The van der Waals surface area contributed by atoms with Gasteiger partial charge in [-0.05, 0) is 35.2 Å². The minimum absolute atomic E-state index is 0.417. The smallest absolute Gasteiger partial charge is 0.132 e. The number of methoxy groups -OCH3 is 1. The normalized spacial score (nSPS) is 20.3. The maximum atomic E-state index is 9.92. The molecule has 5 heteroatoms. The SMILES string of the molecule is COCCc1nc(Br)c2n1C(O)CCC2. The van der Waals surface area contributed by atoms with Gasteiger partial charge in [0.2, 0.25) is 0 Å². The number of halogens is 1. The third-order valence-electron chi connectivity index (χ3n) is 2.74. The third kappa shape index (κ3) is 2.09. The van der Waals surface area contributed by atoms with Gasteiger partial charge < -0.3 is 14.4 Å². The number of ether oxygens (including phenoxy) is 1. The molecule has 0 spiro atoms. The molecule has 0 amide bonds. The van der Waals surface area contributed by atoms with Crippen LogP contribution in [0.1, 0.15) is 30.6 Å². The number of aromatic nitrogens is 2. The van der Waals surface area contributed by atoms with E-state index in [-0.39, 0.29) is 0 Å². The van der Waals surface area contributed by atoms with Crippen molar-refractivity contribution in [1.82, 2.24) is 9.55 Å². The number of hydrogen-bond donors (Lipinski definition) is 1. The van der Waals surface area contributed by atoms with Crippen LogP contribution >= 0.6 is 15.9 Å². The molecule has 1 N–H and O–H groups in total. The van der Waals surface area contributed by atoms with Crippen LogP contribution in [-0.4, -0.2) is 28.4 Å². The first-order valence-electron chi connectivity index (χ1n) is 5.16. The zero-order chi connectivity index (χ0) is 10.8. The highest BCUT2D eigenvalue weighted by atomic mass is 79.9. The Bertz CT molecular complexity index is 351. The molecular weight excluding hydrogens is 260 g/mol. The number of hydrogen-bond acceptors (Lipinski definition) is 3. The van der Waals surface area contributed by atoms with Gasteiger partial charge in [0, 0.05) is 13.5 Å². The zero-order valence-corrected chi connectivity index (χ0v) is 10.3. The van der Waals surface area contributed by atoms with Crippen LogP contribution in [0.3, 0.4) is 0 Å². The van der Waals surface area contributed by atoms with Gasteiger partial charge >= 0.3 is 0 Å². The zero-order valence-electron chi connectivity index (χ0n) is 8.74. The average Bonchev–Trinajstić information content (AvgIpc) is 2.55. The summed E-state index contributed by atoms with van der Waals surface area (Å²) >= 11 is 3.44. The minimum atomic E-state index is -0.417. The first-order chi connectivity index (χ1) is 7.24. The highest BCUT2D eigenvalue weighted by Gasteiger charge is 2.23. The Balaban J connectivity index is 2.30. The van der Waals surface area contributed by atoms with E-state index in [0.717, 1.165) is 41.8 Å². The van der Waals surface area contributed by atoms with Crippen molar-refractivity contribution in [2.24, 2.45) is 0 Å². The molecule has 0 aromatic carbocycles. The van der Waals surface area contributed by atoms with E-state index in [1.807, 2.05) is 4.57 Å². The molecular formula is C10H15BrN2O2. The Kier molecular flexibility index (Phi) is 3.43. The highest BCUT2D eigenvalue weighted by Crippen LogP contribution is 2.30. The Hall–Kier alpha value is -0.390. The number of nitrogens with zero attached hydrogens (tertiary/aromatic N) is 2. The maximum absolute atomic E-state index is 9.92. The van der Waals surface area contributed by atoms with Crippen LogP contribution in [0.4, 0.5) is 0 Å². The van der Waals surface area contributed by atoms with Crippen molar-refractivity contribution >= 4 is 15.9 Å². The van der Waals surface area contributed by atoms with Crippen molar-refractivity contribution in [3.63, 3.8) is 0 Å². The van der Waals surface area contributed by atoms with Crippen molar-refractivity contribution in [2.45, 2.75) is 31.9 Å². The summed E-state index contributed by atoms with van der Waals surface area (Å²) in [7, 11) is 1.67. The minimum Gasteiger partial charge on any atom is -0.384 e. The molecule has 2 heterocycles. The lowest BCUT2D eigenvalue weighted by atomic mass is 10.1. The first-order valence-corrected chi connectivity index (χ1v) is 5.96. The molecule has 2 rings (SSSR count). The van der Waals surface area contributed by atoms with Crippen molar-refractivity contribution in [3.05, 3.63) is 16.1 Å². The molecule has 1 aliphatic heterocycles. The molecule has 1 atom stereocenters. The summed E-state index contributed by atoms with van der Waals surface area (Å²) in [5, 5.41) is 9.92. The topological polar surface area (TPSA) is 47.3 Å². The van der Waals surface area contributed by atoms with Gasteiger partial charge in [-0.1, -0.05) is 0 Å². The fourth-order valence-corrected chi connectivity index (χ4v) is 2.61. The van der Waals surface area contributed by atoms with E-state index < -0.39 is 6.23 Å². The van der Waals surface area contributed by atoms with E-state index in [1.54, 1.807) is 7.11 Å². The van der Waals surface area contributed by atoms with E-state index in [4.69, 9.17) is 4.74 Å². The average molecular weight is 275 g/mol. The van der Waals surface area contributed by atoms with Gasteiger partial charge in [0.15, 0.2) is 0 Å². The lowest BCUT2D eigenvalue weighted by Gasteiger charge is -2.22. The van der Waals surface area contributed by atoms with Gasteiger partial charge in [0.25, 0.3) is 0 Å². The molecule has 1 aromatic heterocycles. The monoisotopic (exact) mass is 274 g/mol. The van der Waals surface area contributed by atoms with Gasteiger partial charge in [-0.15, -0.1) is 0 Å². The van der Waals surface area contributed by atoms with Gasteiger partial charge in [-0.3, -0.25) is 0 Å². The van der Waals surface area contributed by atoms with E-state index in [2.05, 4.69) is 20.9 Å². The molecule has 0 radical (unpaired) electrons. The summed E-state index contributed by atoms with van der Waals surface area (Å²) in [5.41, 5.74) is 1.11. The largest absolute Gasteiger partial charge is 0.384 e. The predicted octanol–water partition coefficient (Wildman–Crippen LogP) is 1.66. The van der Waals surface area contributed by atoms with Crippen molar-refractivity contribution in [1.29, 1.82) is 0 Å². The Morgan fingerprint density at radius 1 is 1.67 bits per heavy atom. The summed E-state index contributed by atoms with van der Waals surface area (Å²) in [6.45, 7) is 0.635. The fourth-order valence-electron chi connectivity index (χ4n) is 2.01. The second-order valence-corrected chi connectivity index (χ2v) is 4.50. The number of fused-ring (bicyclic) bond motifs is 1. The Morgan fingerprint density at radius 2 is 2.47 bits per heavy atom. The molecule has 0 saturated heterocycles. The molecule has 15 heavy (non-hydrogen) atoms. The van der Waals surface area contributed by atoms with Crippen molar-refractivity contribution in [3.8, 4) is 0 Å². The summed E-state index contributed by atoms with van der Waals surface area (Å²) in [4.78, 5) is 4.42. The Labute approximate surface area is 97.4 Å². The van der Waals surface area contributed by atoms with Crippen LogP contribution in [-0.2, 0) is 17.6 Å². The van der Waals surface area contributed by atoms with Crippen molar-refractivity contribution in [2.75, 3.05) is 13.7 Å². The number of rotatable bonds is 3. The van der Waals surface area contributed by atoms with Crippen LogP contribution in [0.5, 0.6) is 0 Å². The number of aliphatic hydroxyl groups is 1. The van der Waals surface area contributed by atoms with E-state index in [0.29, 0.717) is 6.61 Å². The van der Waals surface area contributed by atoms with E-state index >= 15 is 0 Å². The molecule has 0 aliphatic carbocycles. The molecule has 1 unspecified atom stereocenters. The van der Waals surface area contributed by atoms with Gasteiger partial charge in [0.1, 0.15) is 16.7 Å².